The van der Waals surface area contributed by atoms with Crippen molar-refractivity contribution < 1.29 is 13.2 Å². The van der Waals surface area contributed by atoms with Gasteiger partial charge in [0.15, 0.2) is 0 Å². The maximum absolute atomic E-state index is 13.0. The molecule has 2 N–H and O–H groups in total. The van der Waals surface area contributed by atoms with Crippen LogP contribution in [0.3, 0.4) is 0 Å². The number of nitrogens with zero attached hydrogens (tertiary/aromatic N) is 1. The van der Waals surface area contributed by atoms with E-state index in [0.29, 0.717) is 24.2 Å². The Morgan fingerprint density at radius 1 is 1.13 bits per heavy atom. The second kappa shape index (κ2) is 7.88. The Bertz CT molecular complexity index is 1270. The zero-order chi connectivity index (χ0) is 21.6. The molecule has 0 saturated carbocycles. The lowest BCUT2D eigenvalue weighted by Gasteiger charge is -2.28. The molecular weight excluding hydrogens is 434 g/mol. The summed E-state index contributed by atoms with van der Waals surface area (Å²) in [5.74, 6) is -0.115. The first-order valence-electron chi connectivity index (χ1n) is 10.6. The highest BCUT2D eigenvalue weighted by atomic mass is 35.5. The predicted octanol–water partition coefficient (Wildman–Crippen LogP) is 4.56. The number of carbonyl (C=O) groups is 1. The molecule has 3 aromatic rings. The third-order valence-electron chi connectivity index (χ3n) is 6.25. The number of rotatable bonds is 3. The number of benzene rings is 2. The van der Waals surface area contributed by atoms with Crippen LogP contribution >= 0.6 is 11.6 Å². The van der Waals surface area contributed by atoms with Crippen LogP contribution in [0, 0.1) is 0 Å². The van der Waals surface area contributed by atoms with E-state index in [2.05, 4.69) is 22.4 Å². The van der Waals surface area contributed by atoms with Crippen LogP contribution in [-0.4, -0.2) is 31.6 Å². The molecule has 2 aliphatic rings. The first-order chi connectivity index (χ1) is 14.9. The molecule has 31 heavy (non-hydrogen) atoms. The van der Waals surface area contributed by atoms with Crippen LogP contribution in [0.5, 0.6) is 0 Å². The van der Waals surface area contributed by atoms with E-state index in [1.807, 2.05) is 12.1 Å². The molecule has 1 aliphatic heterocycles. The molecule has 1 saturated heterocycles. The Morgan fingerprint density at radius 3 is 2.77 bits per heavy atom. The molecule has 1 aromatic heterocycles. The largest absolute Gasteiger partial charge is 0.356 e. The number of nitrogens with one attached hydrogen (secondary N) is 2. The van der Waals surface area contributed by atoms with Crippen molar-refractivity contribution in [2.45, 2.75) is 38.1 Å². The first-order valence-corrected chi connectivity index (χ1v) is 12.6. The number of fused-ring (bicyclic) bond motifs is 3. The van der Waals surface area contributed by atoms with Gasteiger partial charge in [-0.05, 0) is 61.9 Å². The third kappa shape index (κ3) is 3.70. The normalized spacial score (nSPS) is 20.4. The Kier molecular flexibility index (Phi) is 5.18. The van der Waals surface area contributed by atoms with E-state index in [1.165, 1.54) is 15.3 Å². The zero-order valence-corrected chi connectivity index (χ0v) is 18.6. The molecule has 0 radical (unpaired) electrons. The van der Waals surface area contributed by atoms with Crippen molar-refractivity contribution in [2.75, 3.05) is 16.6 Å². The number of anilines is 1. The molecule has 1 aliphatic carbocycles. The second-order valence-electron chi connectivity index (χ2n) is 8.24. The summed E-state index contributed by atoms with van der Waals surface area (Å²) in [6, 6.07) is 12.9. The van der Waals surface area contributed by atoms with Gasteiger partial charge in [0.1, 0.15) is 0 Å². The number of sulfonamides is 1. The minimum Gasteiger partial charge on any atom is -0.356 e. The number of hydrogen-bond acceptors (Lipinski definition) is 3. The summed E-state index contributed by atoms with van der Waals surface area (Å²) in [7, 11) is -3.33. The number of aromatic amines is 1. The number of aromatic nitrogens is 1. The molecule has 1 atom stereocenters. The lowest BCUT2D eigenvalue weighted by atomic mass is 9.91. The van der Waals surface area contributed by atoms with E-state index >= 15 is 0 Å². The molecule has 2 aromatic carbocycles. The highest BCUT2D eigenvalue weighted by Crippen LogP contribution is 2.35. The van der Waals surface area contributed by atoms with Crippen LogP contribution in [0.1, 0.15) is 53.3 Å². The first kappa shape index (κ1) is 20.4. The minimum absolute atomic E-state index is 0.109. The van der Waals surface area contributed by atoms with Gasteiger partial charge >= 0.3 is 0 Å². The van der Waals surface area contributed by atoms with Gasteiger partial charge in [0, 0.05) is 23.1 Å². The molecule has 8 heteroatoms. The molecule has 6 nitrogen and oxygen atoms in total. The molecule has 162 valence electrons. The number of halogens is 1. The molecule has 1 amide bonds. The Labute approximate surface area is 186 Å². The third-order valence-corrected chi connectivity index (χ3v) is 8.44. The Morgan fingerprint density at radius 2 is 1.97 bits per heavy atom. The molecule has 0 spiro atoms. The lowest BCUT2D eigenvalue weighted by molar-refractivity contribution is 0.0932. The average molecular weight is 458 g/mol. The monoisotopic (exact) mass is 457 g/mol. The molecule has 2 heterocycles. The van der Waals surface area contributed by atoms with Gasteiger partial charge in [-0.3, -0.25) is 9.10 Å². The summed E-state index contributed by atoms with van der Waals surface area (Å²) >= 11 is 6.43. The number of H-pyrrole nitrogens is 1. The SMILES string of the molecule is O=C(N[C@@H]1CCCc2c1[nH]c1ccccc21)c1ccc(N2CCCCS2(=O)=O)cc1Cl. The summed E-state index contributed by atoms with van der Waals surface area (Å²) in [6.45, 7) is 0.440. The number of hydrogen-bond donors (Lipinski definition) is 2. The number of para-hydroxylation sites is 1. The molecule has 1 fully saturated rings. The van der Waals surface area contributed by atoms with Gasteiger partial charge in [-0.15, -0.1) is 0 Å². The highest BCUT2D eigenvalue weighted by molar-refractivity contribution is 7.92. The van der Waals surface area contributed by atoms with E-state index in [0.717, 1.165) is 36.9 Å². The van der Waals surface area contributed by atoms with E-state index < -0.39 is 10.0 Å². The molecule has 5 rings (SSSR count). The summed E-state index contributed by atoms with van der Waals surface area (Å²) in [5.41, 5.74) is 4.27. The van der Waals surface area contributed by atoms with Crippen LogP contribution in [0.25, 0.3) is 10.9 Å². The lowest BCUT2D eigenvalue weighted by Crippen LogP contribution is -2.38. The van der Waals surface area contributed by atoms with E-state index in [4.69, 9.17) is 11.6 Å². The van der Waals surface area contributed by atoms with Crippen molar-refractivity contribution in [1.82, 2.24) is 10.3 Å². The van der Waals surface area contributed by atoms with E-state index in [-0.39, 0.29) is 22.7 Å². The van der Waals surface area contributed by atoms with Gasteiger partial charge in [-0.25, -0.2) is 8.42 Å². The quantitative estimate of drug-likeness (QED) is 0.604. The average Bonchev–Trinajstić information content (AvgIpc) is 3.13. The fourth-order valence-electron chi connectivity index (χ4n) is 4.72. The van der Waals surface area contributed by atoms with Crippen molar-refractivity contribution in [1.29, 1.82) is 0 Å². The summed E-state index contributed by atoms with van der Waals surface area (Å²) in [6.07, 6.45) is 4.33. The molecule has 0 unspecified atom stereocenters. The van der Waals surface area contributed by atoms with E-state index in [1.54, 1.807) is 18.2 Å². The fraction of sp³-hybridized carbons (Fsp3) is 0.348. The van der Waals surface area contributed by atoms with Crippen molar-refractivity contribution in [3.8, 4) is 0 Å². The standard InChI is InChI=1S/C23H24ClN3O3S/c24-19-14-15(27-12-3-4-13-31(27,29)30)10-11-18(19)23(28)26-21-9-5-7-17-16-6-1-2-8-20(16)25-22(17)21/h1-2,6,8,10-11,14,21,25H,3-5,7,9,12-13H2,(H,26,28)/t21-/m1/s1. The zero-order valence-electron chi connectivity index (χ0n) is 17.0. The second-order valence-corrected chi connectivity index (χ2v) is 10.7. The number of aryl methyl sites for hydroxylation is 1. The highest BCUT2D eigenvalue weighted by Gasteiger charge is 2.28. The van der Waals surface area contributed by atoms with Gasteiger partial charge < -0.3 is 10.3 Å². The van der Waals surface area contributed by atoms with Gasteiger partial charge in [-0.2, -0.15) is 0 Å². The van der Waals surface area contributed by atoms with Crippen LogP contribution in [0.15, 0.2) is 42.5 Å². The van der Waals surface area contributed by atoms with E-state index in [9.17, 15) is 13.2 Å². The maximum Gasteiger partial charge on any atom is 0.253 e. The minimum atomic E-state index is -3.33. The van der Waals surface area contributed by atoms with Gasteiger partial charge in [0.2, 0.25) is 10.0 Å². The number of amides is 1. The van der Waals surface area contributed by atoms with Gasteiger partial charge in [0.25, 0.3) is 5.91 Å². The Balaban J connectivity index is 1.39. The topological polar surface area (TPSA) is 82.3 Å². The maximum atomic E-state index is 13.0. The van der Waals surface area contributed by atoms with Crippen LogP contribution in [-0.2, 0) is 16.4 Å². The van der Waals surface area contributed by atoms with Crippen molar-refractivity contribution in [3.63, 3.8) is 0 Å². The van der Waals surface area contributed by atoms with Crippen LogP contribution < -0.4 is 9.62 Å². The van der Waals surface area contributed by atoms with Crippen LogP contribution in [0.4, 0.5) is 5.69 Å². The summed E-state index contributed by atoms with van der Waals surface area (Å²) < 4.78 is 26.1. The van der Waals surface area contributed by atoms with Crippen molar-refractivity contribution >= 4 is 44.1 Å². The Hall–Kier alpha value is -2.51. The molecular formula is C23H24ClN3O3S. The summed E-state index contributed by atoms with van der Waals surface area (Å²) in [5, 5.41) is 4.58. The van der Waals surface area contributed by atoms with Crippen molar-refractivity contribution in [2.24, 2.45) is 0 Å². The predicted molar refractivity (Wildman–Crippen MR) is 123 cm³/mol. The van der Waals surface area contributed by atoms with Crippen LogP contribution in [0.2, 0.25) is 5.02 Å². The summed E-state index contributed by atoms with van der Waals surface area (Å²) in [4.78, 5) is 16.5. The smallest absolute Gasteiger partial charge is 0.253 e. The van der Waals surface area contributed by atoms with Gasteiger partial charge in [0.05, 0.1) is 28.1 Å². The van der Waals surface area contributed by atoms with Crippen molar-refractivity contribution in [3.05, 3.63) is 64.3 Å². The fourth-order valence-corrected chi connectivity index (χ4v) is 6.61. The van der Waals surface area contributed by atoms with Gasteiger partial charge in [-0.1, -0.05) is 29.8 Å². The molecule has 0 bridgehead atoms. The number of carbonyl (C=O) groups excluding carboxylic acids is 1.